The number of hydrogen-bond donors (Lipinski definition) is 4. The van der Waals surface area contributed by atoms with Gasteiger partial charge in [-0.2, -0.15) is 0 Å². The van der Waals surface area contributed by atoms with Crippen LogP contribution in [0, 0.1) is 5.82 Å². The number of nitrogens with one attached hydrogen (secondary N) is 4. The lowest BCUT2D eigenvalue weighted by Gasteiger charge is -2.33. The molecule has 0 heterocycles. The van der Waals surface area contributed by atoms with E-state index in [9.17, 15) is 4.39 Å². The highest BCUT2D eigenvalue weighted by Gasteiger charge is 2.19. The fraction of sp³-hybridized carbons (Fsp3) is 0.705. The Kier molecular flexibility index (Phi) is 39.8. The zero-order valence-corrected chi connectivity index (χ0v) is 47.7. The molecule has 3 fully saturated rings. The summed E-state index contributed by atoms with van der Waals surface area (Å²) in [5.74, 6) is -0.195. The first kappa shape index (κ1) is 66.0. The predicted octanol–water partition coefficient (Wildman–Crippen LogP) is 16.5. The molecule has 0 radical (unpaired) electrons. The molecule has 0 saturated heterocycles. The number of rotatable bonds is 15. The number of ether oxygens (including phenoxy) is 2. The van der Waals surface area contributed by atoms with Crippen molar-refractivity contribution in [2.75, 3.05) is 17.7 Å². The van der Waals surface area contributed by atoms with Gasteiger partial charge in [-0.3, -0.25) is 0 Å². The molecule has 0 bridgehead atoms. The maximum atomic E-state index is 12.4. The molecule has 0 atom stereocenters. The summed E-state index contributed by atoms with van der Waals surface area (Å²) in [6, 6.07) is 32.0. The van der Waals surface area contributed by atoms with Gasteiger partial charge in [0.1, 0.15) is 5.82 Å². The van der Waals surface area contributed by atoms with E-state index in [2.05, 4.69) is 141 Å². The molecule has 69 heavy (non-hydrogen) atoms. The van der Waals surface area contributed by atoms with Crippen LogP contribution in [-0.4, -0.2) is 78.6 Å². The van der Waals surface area contributed by atoms with Crippen molar-refractivity contribution in [2.24, 2.45) is 0 Å². The number of benzene rings is 3. The topological polar surface area (TPSA) is 69.8 Å². The standard InChI is InChI=1S/C10H21N.C10H14O.C9H12FN.C9H19N.C9H13N.C8H16O.C6H15N/c1-9(2)11(3)10-7-5-4-6-8-10;1-9(2)11-8-10-6-4-3-5-7-10;1-7(2)11-9-5-3-8(10)4-6-9;2*1-8(2)10-9-6-4-3-5-7-9;1-7(2)9-8-5-3-4-6-8;1-5(2)7-6(3)4/h9-10H,4-8H2,1-3H3;3-7,9H,8H2,1-2H3;3-7,11H,1-2H3;8-10H,3-7H2,1-2H3;3-8,10H,1-2H3;7-8H,3-6H2,1-2H3;5-7H,1-4H3. The van der Waals surface area contributed by atoms with Crippen LogP contribution in [-0.2, 0) is 16.1 Å². The van der Waals surface area contributed by atoms with E-state index in [0.717, 1.165) is 30.4 Å². The van der Waals surface area contributed by atoms with Crippen molar-refractivity contribution in [1.82, 2.24) is 15.5 Å². The summed E-state index contributed by atoms with van der Waals surface area (Å²) in [6.07, 6.45) is 21.0. The minimum atomic E-state index is -0.195. The van der Waals surface area contributed by atoms with Gasteiger partial charge >= 0.3 is 0 Å². The third kappa shape index (κ3) is 41.3. The predicted molar refractivity (Wildman–Crippen MR) is 304 cm³/mol. The second-order valence-corrected chi connectivity index (χ2v) is 21.6. The molecule has 3 aromatic rings. The molecule has 6 rings (SSSR count). The van der Waals surface area contributed by atoms with Crippen LogP contribution in [0.3, 0.4) is 0 Å². The van der Waals surface area contributed by atoms with Crippen LogP contribution in [0.1, 0.15) is 206 Å². The first-order valence-electron chi connectivity index (χ1n) is 27.6. The van der Waals surface area contributed by atoms with Gasteiger partial charge in [0.2, 0.25) is 0 Å². The van der Waals surface area contributed by atoms with Gasteiger partial charge < -0.3 is 35.6 Å². The molecule has 0 aliphatic heterocycles. The van der Waals surface area contributed by atoms with Crippen molar-refractivity contribution in [2.45, 2.75) is 274 Å². The van der Waals surface area contributed by atoms with E-state index >= 15 is 0 Å². The number of nitrogens with zero attached hydrogens (tertiary/aromatic N) is 1. The van der Waals surface area contributed by atoms with E-state index in [4.69, 9.17) is 9.47 Å². The first-order valence-corrected chi connectivity index (χ1v) is 27.6. The third-order valence-electron chi connectivity index (χ3n) is 11.5. The highest BCUT2D eigenvalue weighted by Crippen LogP contribution is 2.23. The second kappa shape index (κ2) is 41.6. The lowest BCUT2D eigenvalue weighted by atomic mass is 9.94. The Balaban J connectivity index is 0.000000785. The van der Waals surface area contributed by atoms with E-state index in [1.54, 1.807) is 12.1 Å². The first-order chi connectivity index (χ1) is 32.7. The van der Waals surface area contributed by atoms with Crippen molar-refractivity contribution in [1.29, 1.82) is 0 Å². The molecular formula is C61H110FN5O2. The SMILES string of the molecule is CC(C)N(C)C1CCCCC1.CC(C)NC(C)C.CC(C)NC1CCCCC1.CC(C)Nc1ccc(F)cc1.CC(C)Nc1ccccc1.CC(C)OC1CCCC1.CC(C)OCc1ccccc1. The molecule has 3 aromatic carbocycles. The summed E-state index contributed by atoms with van der Waals surface area (Å²) in [5, 5.41) is 13.4. The number of anilines is 2. The normalized spacial score (nSPS) is 15.3. The molecule has 4 N–H and O–H groups in total. The monoisotopic (exact) mass is 964 g/mol. The minimum absolute atomic E-state index is 0.195. The number of hydrogen-bond acceptors (Lipinski definition) is 7. The zero-order chi connectivity index (χ0) is 52.0. The van der Waals surface area contributed by atoms with Crippen LogP contribution in [0.5, 0.6) is 0 Å². The van der Waals surface area contributed by atoms with E-state index in [0.29, 0.717) is 48.5 Å². The summed E-state index contributed by atoms with van der Waals surface area (Å²) < 4.78 is 23.4. The summed E-state index contributed by atoms with van der Waals surface area (Å²) >= 11 is 0. The Labute approximate surface area is 427 Å². The summed E-state index contributed by atoms with van der Waals surface area (Å²) in [6.45, 7) is 35.0. The Morgan fingerprint density at radius 1 is 0.493 bits per heavy atom. The maximum absolute atomic E-state index is 12.4. The van der Waals surface area contributed by atoms with Crippen molar-refractivity contribution < 1.29 is 13.9 Å². The van der Waals surface area contributed by atoms with Gasteiger partial charge in [-0.25, -0.2) is 4.39 Å². The number of halogens is 1. The average molecular weight is 965 g/mol. The molecule has 3 saturated carbocycles. The lowest BCUT2D eigenvalue weighted by molar-refractivity contribution is 0.0126. The summed E-state index contributed by atoms with van der Waals surface area (Å²) in [5.41, 5.74) is 3.39. The second-order valence-electron chi connectivity index (χ2n) is 21.6. The fourth-order valence-electron chi connectivity index (χ4n) is 8.31. The molecule has 0 amide bonds. The zero-order valence-electron chi connectivity index (χ0n) is 47.7. The van der Waals surface area contributed by atoms with E-state index in [-0.39, 0.29) is 5.82 Å². The summed E-state index contributed by atoms with van der Waals surface area (Å²) in [7, 11) is 2.26. The van der Waals surface area contributed by atoms with Gasteiger partial charge in [-0.05, 0) is 157 Å². The maximum Gasteiger partial charge on any atom is 0.123 e. The molecule has 0 spiro atoms. The molecule has 0 unspecified atom stereocenters. The molecule has 8 heteroatoms. The van der Waals surface area contributed by atoms with Gasteiger partial charge in [0.05, 0.1) is 24.9 Å². The van der Waals surface area contributed by atoms with Crippen molar-refractivity contribution in [3.05, 3.63) is 96.3 Å². The van der Waals surface area contributed by atoms with E-state index in [1.165, 1.54) is 113 Å². The Bertz CT molecular complexity index is 1510. The van der Waals surface area contributed by atoms with Crippen molar-refractivity contribution in [3.63, 3.8) is 0 Å². The van der Waals surface area contributed by atoms with Crippen LogP contribution in [0.15, 0.2) is 84.9 Å². The average Bonchev–Trinajstić information content (AvgIpc) is 3.80. The smallest absolute Gasteiger partial charge is 0.123 e. The lowest BCUT2D eigenvalue weighted by Crippen LogP contribution is -2.38. The van der Waals surface area contributed by atoms with Crippen LogP contribution in [0.4, 0.5) is 15.8 Å². The van der Waals surface area contributed by atoms with Crippen LogP contribution in [0.2, 0.25) is 0 Å². The van der Waals surface area contributed by atoms with Crippen LogP contribution in [0.25, 0.3) is 0 Å². The van der Waals surface area contributed by atoms with Gasteiger partial charge in [-0.1, -0.05) is 141 Å². The minimum Gasteiger partial charge on any atom is -0.383 e. The molecular weight excluding hydrogens is 854 g/mol. The largest absolute Gasteiger partial charge is 0.383 e. The highest BCUT2D eigenvalue weighted by atomic mass is 19.1. The molecule has 398 valence electrons. The third-order valence-corrected chi connectivity index (χ3v) is 11.5. The molecule has 3 aliphatic rings. The van der Waals surface area contributed by atoms with Gasteiger partial charge in [0.15, 0.2) is 0 Å². The molecule has 3 aliphatic carbocycles. The fourth-order valence-corrected chi connectivity index (χ4v) is 8.31. The van der Waals surface area contributed by atoms with Gasteiger partial charge in [-0.15, -0.1) is 0 Å². The van der Waals surface area contributed by atoms with Crippen LogP contribution >= 0.6 is 0 Å². The van der Waals surface area contributed by atoms with Crippen LogP contribution < -0.4 is 21.3 Å². The molecule has 0 aromatic heterocycles. The number of para-hydroxylation sites is 1. The Morgan fingerprint density at radius 2 is 0.928 bits per heavy atom. The van der Waals surface area contributed by atoms with E-state index < -0.39 is 0 Å². The van der Waals surface area contributed by atoms with Gasteiger partial charge in [0.25, 0.3) is 0 Å². The molecule has 7 nitrogen and oxygen atoms in total. The summed E-state index contributed by atoms with van der Waals surface area (Å²) in [4.78, 5) is 2.53. The van der Waals surface area contributed by atoms with Gasteiger partial charge in [0, 0.05) is 59.7 Å². The Morgan fingerprint density at radius 3 is 1.32 bits per heavy atom. The Hall–Kier alpha value is -3.01. The highest BCUT2D eigenvalue weighted by molar-refractivity contribution is 5.43. The quantitative estimate of drug-likeness (QED) is 0.121. The van der Waals surface area contributed by atoms with E-state index in [1.807, 2.05) is 64.1 Å². The van der Waals surface area contributed by atoms with Crippen molar-refractivity contribution >= 4 is 11.4 Å². The van der Waals surface area contributed by atoms with Crippen molar-refractivity contribution in [3.8, 4) is 0 Å².